The molecule has 3 nitrogen and oxygen atoms in total. The summed E-state index contributed by atoms with van der Waals surface area (Å²) in [7, 11) is 0. The number of aliphatic carboxylic acids is 1. The van der Waals surface area contributed by atoms with E-state index in [1.165, 1.54) is 12.1 Å². The molecule has 0 saturated heterocycles. The molecule has 21 heavy (non-hydrogen) atoms. The summed E-state index contributed by atoms with van der Waals surface area (Å²) in [6.45, 7) is 1.38. The molecule has 1 saturated carbocycles. The Morgan fingerprint density at radius 1 is 1.29 bits per heavy atom. The molecule has 1 aromatic carbocycles. The summed E-state index contributed by atoms with van der Waals surface area (Å²) >= 11 is 0. The molecule has 0 heterocycles. The van der Waals surface area contributed by atoms with Crippen LogP contribution in [0.5, 0.6) is 0 Å². The van der Waals surface area contributed by atoms with Crippen LogP contribution in [0.25, 0.3) is 0 Å². The summed E-state index contributed by atoms with van der Waals surface area (Å²) in [5.41, 5.74) is 0.906. The largest absolute Gasteiger partial charge is 0.481 e. The van der Waals surface area contributed by atoms with Crippen LogP contribution in [-0.2, 0) is 11.3 Å². The topological polar surface area (TPSA) is 49.3 Å². The van der Waals surface area contributed by atoms with Crippen LogP contribution in [0.1, 0.15) is 43.2 Å². The third-order valence-electron chi connectivity index (χ3n) is 4.16. The van der Waals surface area contributed by atoms with Crippen LogP contribution in [0.2, 0.25) is 0 Å². The summed E-state index contributed by atoms with van der Waals surface area (Å²) in [6, 6.07) is 6.44. The summed E-state index contributed by atoms with van der Waals surface area (Å²) in [4.78, 5) is 10.9. The molecule has 1 fully saturated rings. The first-order valence-electron chi connectivity index (χ1n) is 7.36. The Balaban J connectivity index is 1.73. The van der Waals surface area contributed by atoms with Gasteiger partial charge in [0.25, 0.3) is 6.43 Å². The molecule has 0 aliphatic heterocycles. The number of carboxylic acid groups (broad SMARTS) is 1. The Labute approximate surface area is 123 Å². The van der Waals surface area contributed by atoms with E-state index >= 15 is 0 Å². The van der Waals surface area contributed by atoms with E-state index in [4.69, 9.17) is 5.11 Å². The van der Waals surface area contributed by atoms with Crippen molar-refractivity contribution < 1.29 is 18.7 Å². The van der Waals surface area contributed by atoms with Gasteiger partial charge in [0.1, 0.15) is 0 Å². The summed E-state index contributed by atoms with van der Waals surface area (Å²) in [5.74, 6) is -0.395. The van der Waals surface area contributed by atoms with Crippen molar-refractivity contribution in [2.24, 2.45) is 11.8 Å². The number of carboxylic acids is 1. The number of hydrogen-bond acceptors (Lipinski definition) is 2. The minimum atomic E-state index is -2.43. The molecule has 0 unspecified atom stereocenters. The van der Waals surface area contributed by atoms with Crippen molar-refractivity contribution in [3.63, 3.8) is 0 Å². The molecular weight excluding hydrogens is 276 g/mol. The highest BCUT2D eigenvalue weighted by molar-refractivity contribution is 5.69. The van der Waals surface area contributed by atoms with E-state index in [-0.39, 0.29) is 11.5 Å². The Hall–Kier alpha value is -1.49. The van der Waals surface area contributed by atoms with E-state index in [1.54, 1.807) is 6.07 Å². The molecule has 1 aliphatic rings. The van der Waals surface area contributed by atoms with Crippen LogP contribution >= 0.6 is 0 Å². The smallest absolute Gasteiger partial charge is 0.306 e. The molecule has 0 aromatic heterocycles. The van der Waals surface area contributed by atoms with E-state index in [1.807, 2.05) is 6.07 Å². The Kier molecular flexibility index (Phi) is 5.67. The predicted octanol–water partition coefficient (Wildman–Crippen LogP) is 3.60. The summed E-state index contributed by atoms with van der Waals surface area (Å²) in [6.07, 6.45) is 0.879. The van der Waals surface area contributed by atoms with Gasteiger partial charge in [0.15, 0.2) is 0 Å². The lowest BCUT2D eigenvalue weighted by molar-refractivity contribution is -0.143. The highest BCUT2D eigenvalue weighted by Crippen LogP contribution is 2.28. The number of rotatable bonds is 6. The van der Waals surface area contributed by atoms with E-state index in [2.05, 4.69) is 5.32 Å². The fraction of sp³-hybridized carbons (Fsp3) is 0.562. The van der Waals surface area contributed by atoms with Crippen LogP contribution in [-0.4, -0.2) is 17.6 Å². The third-order valence-corrected chi connectivity index (χ3v) is 4.16. The summed E-state index contributed by atoms with van der Waals surface area (Å²) < 4.78 is 25.2. The molecular formula is C16H21F2NO2. The number of hydrogen-bond donors (Lipinski definition) is 2. The molecule has 116 valence electrons. The van der Waals surface area contributed by atoms with Gasteiger partial charge in [-0.1, -0.05) is 18.2 Å². The van der Waals surface area contributed by atoms with Gasteiger partial charge >= 0.3 is 5.97 Å². The lowest BCUT2D eigenvalue weighted by Crippen LogP contribution is -2.28. The van der Waals surface area contributed by atoms with Crippen molar-refractivity contribution in [1.82, 2.24) is 5.32 Å². The van der Waals surface area contributed by atoms with Crippen molar-refractivity contribution in [2.45, 2.75) is 38.7 Å². The average molecular weight is 297 g/mol. The Morgan fingerprint density at radius 2 is 2.00 bits per heavy atom. The first-order chi connectivity index (χ1) is 10.1. The maximum absolute atomic E-state index is 12.6. The first kappa shape index (κ1) is 15.9. The quantitative estimate of drug-likeness (QED) is 0.843. The number of alkyl halides is 2. The molecule has 0 radical (unpaired) electrons. The lowest BCUT2D eigenvalue weighted by atomic mass is 9.82. The number of benzene rings is 1. The minimum absolute atomic E-state index is 0.0521. The van der Waals surface area contributed by atoms with Crippen LogP contribution < -0.4 is 5.32 Å². The number of nitrogens with one attached hydrogen (secondary N) is 1. The van der Waals surface area contributed by atoms with Gasteiger partial charge in [0.05, 0.1) is 5.92 Å². The van der Waals surface area contributed by atoms with Gasteiger partial charge < -0.3 is 10.4 Å². The summed E-state index contributed by atoms with van der Waals surface area (Å²) in [5, 5.41) is 12.2. The van der Waals surface area contributed by atoms with Gasteiger partial charge in [0, 0.05) is 12.1 Å². The SMILES string of the molecule is O=C(O)C1CCC(CNCc2cccc(C(F)F)c2)CC1. The van der Waals surface area contributed by atoms with Crippen molar-refractivity contribution in [3.8, 4) is 0 Å². The molecule has 2 N–H and O–H groups in total. The van der Waals surface area contributed by atoms with E-state index < -0.39 is 12.4 Å². The van der Waals surface area contributed by atoms with Crippen LogP contribution in [0.15, 0.2) is 24.3 Å². The van der Waals surface area contributed by atoms with Crippen LogP contribution in [0.4, 0.5) is 8.78 Å². The molecule has 1 aliphatic carbocycles. The normalized spacial score (nSPS) is 22.4. The minimum Gasteiger partial charge on any atom is -0.481 e. The zero-order valence-electron chi connectivity index (χ0n) is 11.9. The van der Waals surface area contributed by atoms with E-state index in [0.717, 1.165) is 37.8 Å². The van der Waals surface area contributed by atoms with E-state index in [0.29, 0.717) is 12.5 Å². The standard InChI is InChI=1S/C16H21F2NO2/c17-15(18)14-3-1-2-12(8-14)10-19-9-11-4-6-13(7-5-11)16(20)21/h1-3,8,11,13,15,19H,4-7,9-10H2,(H,20,21). The fourth-order valence-electron chi connectivity index (χ4n) is 2.87. The number of carbonyl (C=O) groups is 1. The van der Waals surface area contributed by atoms with Gasteiger partial charge in [-0.15, -0.1) is 0 Å². The molecule has 0 bridgehead atoms. The zero-order chi connectivity index (χ0) is 15.2. The first-order valence-corrected chi connectivity index (χ1v) is 7.36. The van der Waals surface area contributed by atoms with Crippen molar-refractivity contribution in [1.29, 1.82) is 0 Å². The molecule has 2 rings (SSSR count). The second-order valence-corrected chi connectivity index (χ2v) is 5.73. The monoisotopic (exact) mass is 297 g/mol. The Morgan fingerprint density at radius 3 is 2.62 bits per heavy atom. The Bertz CT molecular complexity index is 471. The van der Waals surface area contributed by atoms with Crippen molar-refractivity contribution in [2.75, 3.05) is 6.54 Å². The van der Waals surface area contributed by atoms with Gasteiger partial charge in [-0.05, 0) is 49.8 Å². The van der Waals surface area contributed by atoms with Gasteiger partial charge in [-0.25, -0.2) is 8.78 Å². The second kappa shape index (κ2) is 7.50. The molecule has 0 spiro atoms. The van der Waals surface area contributed by atoms with Gasteiger partial charge in [0.2, 0.25) is 0 Å². The molecule has 0 amide bonds. The van der Waals surface area contributed by atoms with E-state index in [9.17, 15) is 13.6 Å². The van der Waals surface area contributed by atoms with Gasteiger partial charge in [-0.3, -0.25) is 4.79 Å². The highest BCUT2D eigenvalue weighted by Gasteiger charge is 2.25. The molecule has 1 aromatic rings. The lowest BCUT2D eigenvalue weighted by Gasteiger charge is -2.26. The highest BCUT2D eigenvalue weighted by atomic mass is 19.3. The zero-order valence-corrected chi connectivity index (χ0v) is 11.9. The molecule has 5 heteroatoms. The van der Waals surface area contributed by atoms with Crippen LogP contribution in [0, 0.1) is 11.8 Å². The fourth-order valence-corrected chi connectivity index (χ4v) is 2.87. The van der Waals surface area contributed by atoms with Crippen LogP contribution in [0.3, 0.4) is 0 Å². The third kappa shape index (κ3) is 4.77. The van der Waals surface area contributed by atoms with Crippen molar-refractivity contribution >= 4 is 5.97 Å². The maximum atomic E-state index is 12.6. The number of halogens is 2. The molecule has 0 atom stereocenters. The second-order valence-electron chi connectivity index (χ2n) is 5.73. The van der Waals surface area contributed by atoms with Gasteiger partial charge in [-0.2, -0.15) is 0 Å². The van der Waals surface area contributed by atoms with Crippen molar-refractivity contribution in [3.05, 3.63) is 35.4 Å². The predicted molar refractivity (Wildman–Crippen MR) is 76.2 cm³/mol. The maximum Gasteiger partial charge on any atom is 0.306 e. The average Bonchev–Trinajstić information content (AvgIpc) is 2.48.